The second kappa shape index (κ2) is 4.82. The molecular formula is C13H9BrN2O4. The number of carbonyl (C=O) groups is 1. The van der Waals surface area contributed by atoms with Gasteiger partial charge in [-0.2, -0.15) is 0 Å². The summed E-state index contributed by atoms with van der Waals surface area (Å²) in [6.07, 6.45) is 2.67. The van der Waals surface area contributed by atoms with Crippen LogP contribution < -0.4 is 4.74 Å². The molecule has 0 spiro atoms. The number of hydrogen-bond donors (Lipinski definition) is 0. The van der Waals surface area contributed by atoms with E-state index in [1.165, 1.54) is 0 Å². The second-order valence-corrected chi connectivity index (χ2v) is 5.50. The summed E-state index contributed by atoms with van der Waals surface area (Å²) in [5.41, 5.74) is 0.238. The van der Waals surface area contributed by atoms with E-state index in [1.807, 2.05) is 0 Å². The van der Waals surface area contributed by atoms with Gasteiger partial charge in [0.2, 0.25) is 5.75 Å². The van der Waals surface area contributed by atoms with Crippen molar-refractivity contribution in [1.29, 1.82) is 0 Å². The van der Waals surface area contributed by atoms with Crippen molar-refractivity contribution < 1.29 is 14.5 Å². The minimum absolute atomic E-state index is 0.0294. The van der Waals surface area contributed by atoms with Gasteiger partial charge < -0.3 is 4.74 Å². The number of aromatic nitrogens is 1. The molecule has 0 atom stereocenters. The van der Waals surface area contributed by atoms with E-state index in [9.17, 15) is 14.9 Å². The molecule has 0 bridgehead atoms. The maximum absolute atomic E-state index is 11.8. The van der Waals surface area contributed by atoms with Crippen LogP contribution in [0.3, 0.4) is 0 Å². The molecule has 1 aliphatic rings. The quantitative estimate of drug-likeness (QED) is 0.488. The Balaban J connectivity index is 2.16. The maximum Gasteiger partial charge on any atom is 0.330 e. The molecule has 0 N–H and O–H groups in total. The van der Waals surface area contributed by atoms with Crippen molar-refractivity contribution in [1.82, 2.24) is 4.98 Å². The van der Waals surface area contributed by atoms with E-state index in [2.05, 4.69) is 20.9 Å². The molecule has 3 rings (SSSR count). The highest BCUT2D eigenvalue weighted by Gasteiger charge is 2.34. The lowest BCUT2D eigenvalue weighted by Crippen LogP contribution is -2.11. The Hall–Kier alpha value is -2.02. The lowest BCUT2D eigenvalue weighted by Gasteiger charge is -2.08. The number of nitrogens with zero attached hydrogens (tertiary/aromatic N) is 2. The molecule has 1 aromatic heterocycles. The Kier molecular flexibility index (Phi) is 3.13. The van der Waals surface area contributed by atoms with Gasteiger partial charge >= 0.3 is 11.7 Å². The molecule has 0 aliphatic heterocycles. The Bertz CT molecular complexity index is 728. The first kappa shape index (κ1) is 13.0. The SMILES string of the molecule is O=C(Oc1c([N+](=O)[O-])cnc2ccc(Br)cc12)C1CC1. The fourth-order valence-corrected chi connectivity index (χ4v) is 2.23. The fraction of sp³-hybridized carbons (Fsp3) is 0.231. The van der Waals surface area contributed by atoms with Gasteiger partial charge in [-0.1, -0.05) is 15.9 Å². The van der Waals surface area contributed by atoms with Gasteiger partial charge in [0.05, 0.1) is 21.7 Å². The summed E-state index contributed by atoms with van der Waals surface area (Å²) in [6.45, 7) is 0. The van der Waals surface area contributed by atoms with E-state index < -0.39 is 10.9 Å². The first-order chi connectivity index (χ1) is 9.56. The van der Waals surface area contributed by atoms with Gasteiger partial charge in [0, 0.05) is 4.47 Å². The molecule has 2 aromatic rings. The number of pyridine rings is 1. The standard InChI is InChI=1S/C13H9BrN2O4/c14-8-3-4-10-9(5-8)12(11(6-15-10)16(18)19)20-13(17)7-1-2-7/h3-7H,1-2H2. The second-order valence-electron chi connectivity index (χ2n) is 4.59. The minimum atomic E-state index is -0.594. The molecule has 0 radical (unpaired) electrons. The molecule has 0 amide bonds. The van der Waals surface area contributed by atoms with Gasteiger partial charge in [0.15, 0.2) is 0 Å². The van der Waals surface area contributed by atoms with Crippen LogP contribution in [-0.2, 0) is 4.79 Å². The average molecular weight is 337 g/mol. The zero-order chi connectivity index (χ0) is 14.3. The summed E-state index contributed by atoms with van der Waals surface area (Å²) < 4.78 is 5.99. The van der Waals surface area contributed by atoms with Gasteiger partial charge in [0.25, 0.3) is 0 Å². The third-order valence-electron chi connectivity index (χ3n) is 3.07. The van der Waals surface area contributed by atoms with Gasteiger partial charge in [-0.15, -0.1) is 0 Å². The molecule has 6 nitrogen and oxygen atoms in total. The van der Waals surface area contributed by atoms with Crippen LogP contribution in [0.2, 0.25) is 0 Å². The van der Waals surface area contributed by atoms with E-state index >= 15 is 0 Å². The van der Waals surface area contributed by atoms with Crippen LogP contribution >= 0.6 is 15.9 Å². The number of nitro groups is 1. The number of carbonyl (C=O) groups excluding carboxylic acids is 1. The summed E-state index contributed by atoms with van der Waals surface area (Å²) in [5, 5.41) is 11.5. The molecule has 0 unspecified atom stereocenters. The summed E-state index contributed by atoms with van der Waals surface area (Å²) in [4.78, 5) is 26.3. The van der Waals surface area contributed by atoms with Crippen molar-refractivity contribution in [3.8, 4) is 5.75 Å². The number of fused-ring (bicyclic) bond motifs is 1. The lowest BCUT2D eigenvalue weighted by atomic mass is 10.2. The van der Waals surface area contributed by atoms with Gasteiger partial charge in [-0.3, -0.25) is 14.9 Å². The Morgan fingerprint density at radius 1 is 1.45 bits per heavy atom. The van der Waals surface area contributed by atoms with Crippen LogP contribution in [0, 0.1) is 16.0 Å². The van der Waals surface area contributed by atoms with Crippen molar-refractivity contribution in [2.45, 2.75) is 12.8 Å². The Morgan fingerprint density at radius 3 is 2.85 bits per heavy atom. The van der Waals surface area contributed by atoms with E-state index in [0.717, 1.165) is 23.5 Å². The Labute approximate surface area is 122 Å². The first-order valence-corrected chi connectivity index (χ1v) is 6.80. The van der Waals surface area contributed by atoms with E-state index in [4.69, 9.17) is 4.74 Å². The van der Waals surface area contributed by atoms with E-state index in [0.29, 0.717) is 10.9 Å². The van der Waals surface area contributed by atoms with Crippen LogP contribution in [-0.4, -0.2) is 15.9 Å². The highest BCUT2D eigenvalue weighted by molar-refractivity contribution is 9.10. The number of rotatable bonds is 3. The van der Waals surface area contributed by atoms with Crippen LogP contribution in [0.5, 0.6) is 5.75 Å². The highest BCUT2D eigenvalue weighted by Crippen LogP contribution is 2.38. The number of benzene rings is 1. The predicted molar refractivity (Wildman–Crippen MR) is 74.5 cm³/mol. The molecule has 1 saturated carbocycles. The zero-order valence-corrected chi connectivity index (χ0v) is 11.8. The van der Waals surface area contributed by atoms with Crippen molar-refractivity contribution in [3.05, 3.63) is 39.0 Å². The summed E-state index contributed by atoms with van der Waals surface area (Å²) in [7, 11) is 0. The fourth-order valence-electron chi connectivity index (χ4n) is 1.87. The van der Waals surface area contributed by atoms with Crippen molar-refractivity contribution >= 4 is 38.5 Å². The molecule has 1 aromatic carbocycles. The molecule has 7 heteroatoms. The van der Waals surface area contributed by atoms with Gasteiger partial charge in [-0.05, 0) is 31.0 Å². The van der Waals surface area contributed by atoms with Gasteiger partial charge in [-0.25, -0.2) is 4.98 Å². The molecule has 102 valence electrons. The third-order valence-corrected chi connectivity index (χ3v) is 3.57. The zero-order valence-electron chi connectivity index (χ0n) is 10.2. The molecule has 0 saturated heterocycles. The Morgan fingerprint density at radius 2 is 2.20 bits per heavy atom. The number of halogens is 1. The predicted octanol–water partition coefficient (Wildman–Crippen LogP) is 3.22. The lowest BCUT2D eigenvalue weighted by molar-refractivity contribution is -0.385. The number of ether oxygens (including phenoxy) is 1. The monoisotopic (exact) mass is 336 g/mol. The highest BCUT2D eigenvalue weighted by atomic mass is 79.9. The van der Waals surface area contributed by atoms with E-state index in [1.54, 1.807) is 18.2 Å². The molecule has 1 heterocycles. The van der Waals surface area contributed by atoms with Crippen LogP contribution in [0.1, 0.15) is 12.8 Å². The van der Waals surface area contributed by atoms with Crippen LogP contribution in [0.25, 0.3) is 10.9 Å². The van der Waals surface area contributed by atoms with Crippen molar-refractivity contribution in [2.75, 3.05) is 0 Å². The smallest absolute Gasteiger partial charge is 0.330 e. The normalized spacial score (nSPS) is 14.2. The summed E-state index contributed by atoms with van der Waals surface area (Å²) in [6, 6.07) is 5.14. The van der Waals surface area contributed by atoms with Crippen molar-refractivity contribution in [3.63, 3.8) is 0 Å². The third kappa shape index (κ3) is 2.36. The minimum Gasteiger partial charge on any atom is -0.418 e. The van der Waals surface area contributed by atoms with Crippen LogP contribution in [0.15, 0.2) is 28.9 Å². The number of esters is 1. The molecule has 1 fully saturated rings. The molecule has 20 heavy (non-hydrogen) atoms. The summed E-state index contributed by atoms with van der Waals surface area (Å²) >= 11 is 3.30. The largest absolute Gasteiger partial charge is 0.418 e. The topological polar surface area (TPSA) is 82.3 Å². The first-order valence-electron chi connectivity index (χ1n) is 6.00. The molecule has 1 aliphatic carbocycles. The summed E-state index contributed by atoms with van der Waals surface area (Å²) in [5.74, 6) is -0.580. The van der Waals surface area contributed by atoms with Gasteiger partial charge in [0.1, 0.15) is 6.20 Å². The molecular weight excluding hydrogens is 328 g/mol. The van der Waals surface area contributed by atoms with Crippen molar-refractivity contribution in [2.24, 2.45) is 5.92 Å². The average Bonchev–Trinajstić information content (AvgIpc) is 3.23. The number of hydrogen-bond acceptors (Lipinski definition) is 5. The van der Waals surface area contributed by atoms with Crippen LogP contribution in [0.4, 0.5) is 5.69 Å². The maximum atomic E-state index is 11.8. The van der Waals surface area contributed by atoms with E-state index in [-0.39, 0.29) is 17.4 Å².